The molecule has 10 nitrogen and oxygen atoms in total. The highest BCUT2D eigenvalue weighted by Gasteiger charge is 2.41. The average molecular weight is 418 g/mol. The lowest BCUT2D eigenvalue weighted by atomic mass is 10.1. The lowest BCUT2D eigenvalue weighted by Gasteiger charge is -2.21. The van der Waals surface area contributed by atoms with Gasteiger partial charge in [-0.3, -0.25) is 0 Å². The molecule has 0 fully saturated rings. The second kappa shape index (κ2) is 9.92. The average Bonchev–Trinajstić information content (AvgIpc) is 2.75. The molecule has 2 N–H and O–H groups in total. The van der Waals surface area contributed by atoms with Crippen molar-refractivity contribution in [3.63, 3.8) is 0 Å². The van der Waals surface area contributed by atoms with Crippen molar-refractivity contribution in [2.45, 2.75) is 12.2 Å². The molecule has 0 amide bonds. The summed E-state index contributed by atoms with van der Waals surface area (Å²) in [6.45, 7) is 0. The number of methoxy groups -OCH3 is 2. The predicted molar refractivity (Wildman–Crippen MR) is 99.7 cm³/mol. The number of benzene rings is 2. The Labute approximate surface area is 170 Å². The monoisotopic (exact) mass is 418 g/mol. The van der Waals surface area contributed by atoms with E-state index in [1.807, 2.05) is 0 Å². The lowest BCUT2D eigenvalue weighted by molar-refractivity contribution is -0.166. The first kappa shape index (κ1) is 22.2. The fourth-order valence-corrected chi connectivity index (χ4v) is 2.30. The molecule has 0 aliphatic rings. The third-order valence-corrected chi connectivity index (χ3v) is 3.88. The number of hydrogen-bond donors (Lipinski definition) is 2. The Hall–Kier alpha value is -4.08. The van der Waals surface area contributed by atoms with Crippen LogP contribution in [-0.2, 0) is 19.1 Å². The molecule has 0 radical (unpaired) electrons. The van der Waals surface area contributed by atoms with Gasteiger partial charge in [-0.15, -0.1) is 0 Å². The summed E-state index contributed by atoms with van der Waals surface area (Å²) < 4.78 is 19.5. The van der Waals surface area contributed by atoms with Crippen LogP contribution in [0.3, 0.4) is 0 Å². The van der Waals surface area contributed by atoms with Crippen molar-refractivity contribution in [1.29, 1.82) is 0 Å². The standard InChI is InChI=1S/C20H18O10/c1-27-13-7-3-11(4-8-13)19(25)29-15(17(21)22)16(18(23)24)30-20(26)12-5-9-14(28-2)10-6-12/h3-10,15-16H,1-2H3,(H,21,22)(H,23,24)/t15-,16+. The van der Waals surface area contributed by atoms with Crippen LogP contribution < -0.4 is 9.47 Å². The zero-order valence-electron chi connectivity index (χ0n) is 15.9. The van der Waals surface area contributed by atoms with Gasteiger partial charge in [-0.05, 0) is 48.5 Å². The lowest BCUT2D eigenvalue weighted by Crippen LogP contribution is -2.45. The van der Waals surface area contributed by atoms with Gasteiger partial charge in [-0.1, -0.05) is 0 Å². The largest absolute Gasteiger partial charge is 0.497 e. The summed E-state index contributed by atoms with van der Waals surface area (Å²) in [7, 11) is 2.84. The quantitative estimate of drug-likeness (QED) is 0.576. The summed E-state index contributed by atoms with van der Waals surface area (Å²) in [6, 6.07) is 11.0. The summed E-state index contributed by atoms with van der Waals surface area (Å²) in [5, 5.41) is 18.7. The van der Waals surface area contributed by atoms with Crippen LogP contribution in [0.25, 0.3) is 0 Å². The van der Waals surface area contributed by atoms with Crippen LogP contribution >= 0.6 is 0 Å². The molecule has 0 aromatic heterocycles. The van der Waals surface area contributed by atoms with Crippen LogP contribution in [0.5, 0.6) is 11.5 Å². The second-order valence-electron chi connectivity index (χ2n) is 5.79. The predicted octanol–water partition coefficient (Wildman–Crippen LogP) is 1.62. The van der Waals surface area contributed by atoms with Crippen LogP contribution in [0.1, 0.15) is 20.7 Å². The van der Waals surface area contributed by atoms with E-state index in [0.717, 1.165) is 0 Å². The maximum absolute atomic E-state index is 12.2. The van der Waals surface area contributed by atoms with Crippen LogP contribution in [0.15, 0.2) is 48.5 Å². The molecular weight excluding hydrogens is 400 g/mol. The highest BCUT2D eigenvalue weighted by atomic mass is 16.6. The van der Waals surface area contributed by atoms with E-state index in [9.17, 15) is 29.4 Å². The Bertz CT molecular complexity index is 840. The minimum Gasteiger partial charge on any atom is -0.497 e. The first-order valence-electron chi connectivity index (χ1n) is 8.42. The smallest absolute Gasteiger partial charge is 0.349 e. The Morgan fingerprint density at radius 1 is 0.633 bits per heavy atom. The second-order valence-corrected chi connectivity index (χ2v) is 5.79. The van der Waals surface area contributed by atoms with Gasteiger partial charge in [0.1, 0.15) is 11.5 Å². The Balaban J connectivity index is 2.19. The molecule has 0 saturated carbocycles. The van der Waals surface area contributed by atoms with Gasteiger partial charge in [0.05, 0.1) is 25.3 Å². The fraction of sp³-hybridized carbons (Fsp3) is 0.200. The molecule has 0 aliphatic heterocycles. The van der Waals surface area contributed by atoms with Crippen molar-refractivity contribution in [1.82, 2.24) is 0 Å². The number of esters is 2. The summed E-state index contributed by atoms with van der Waals surface area (Å²) in [5.74, 6) is -4.94. The van der Waals surface area contributed by atoms with E-state index in [0.29, 0.717) is 11.5 Å². The molecule has 0 heterocycles. The molecule has 0 bridgehead atoms. The van der Waals surface area contributed by atoms with Gasteiger partial charge in [0, 0.05) is 0 Å². The van der Waals surface area contributed by atoms with Crippen LogP contribution in [0.4, 0.5) is 0 Å². The van der Waals surface area contributed by atoms with E-state index >= 15 is 0 Å². The number of carbonyl (C=O) groups is 4. The van der Waals surface area contributed by atoms with E-state index in [2.05, 4.69) is 0 Å². The van der Waals surface area contributed by atoms with Crippen molar-refractivity contribution in [3.05, 3.63) is 59.7 Å². The van der Waals surface area contributed by atoms with Crippen LogP contribution in [0, 0.1) is 0 Å². The van der Waals surface area contributed by atoms with Gasteiger partial charge in [0.25, 0.3) is 0 Å². The fourth-order valence-electron chi connectivity index (χ4n) is 2.30. The van der Waals surface area contributed by atoms with Gasteiger partial charge in [-0.2, -0.15) is 0 Å². The Morgan fingerprint density at radius 3 is 1.17 bits per heavy atom. The van der Waals surface area contributed by atoms with Gasteiger partial charge < -0.3 is 29.2 Å². The molecular formula is C20H18O10. The number of hydrogen-bond acceptors (Lipinski definition) is 8. The molecule has 0 spiro atoms. The first-order chi connectivity index (χ1) is 14.3. The first-order valence-corrected chi connectivity index (χ1v) is 8.42. The van der Waals surface area contributed by atoms with Crippen LogP contribution in [0.2, 0.25) is 0 Å². The number of aliphatic carboxylic acids is 2. The van der Waals surface area contributed by atoms with Crippen molar-refractivity contribution >= 4 is 23.9 Å². The SMILES string of the molecule is COc1ccc(C(=O)O[C@H](C(=O)O)[C@@H](OC(=O)c2ccc(OC)cc2)C(=O)O)cc1. The minimum absolute atomic E-state index is 0.0485. The summed E-state index contributed by atoms with van der Waals surface area (Å²) in [6.07, 6.45) is -4.56. The topological polar surface area (TPSA) is 146 Å². The van der Waals surface area contributed by atoms with E-state index < -0.39 is 36.1 Å². The molecule has 2 atom stereocenters. The van der Waals surface area contributed by atoms with E-state index in [4.69, 9.17) is 18.9 Å². The van der Waals surface area contributed by atoms with Crippen molar-refractivity contribution in [2.24, 2.45) is 0 Å². The Kier molecular flexibility index (Phi) is 7.34. The number of ether oxygens (including phenoxy) is 4. The molecule has 30 heavy (non-hydrogen) atoms. The summed E-state index contributed by atoms with van der Waals surface area (Å²) >= 11 is 0. The van der Waals surface area contributed by atoms with Gasteiger partial charge in [0.15, 0.2) is 0 Å². The van der Waals surface area contributed by atoms with E-state index in [1.165, 1.54) is 62.8 Å². The number of carbonyl (C=O) groups excluding carboxylic acids is 2. The van der Waals surface area contributed by atoms with Gasteiger partial charge >= 0.3 is 23.9 Å². The number of carboxylic acids is 2. The normalized spacial score (nSPS) is 12.2. The molecule has 0 aliphatic carbocycles. The molecule has 2 aromatic rings. The maximum Gasteiger partial charge on any atom is 0.349 e. The highest BCUT2D eigenvalue weighted by Crippen LogP contribution is 2.17. The zero-order chi connectivity index (χ0) is 22.3. The summed E-state index contributed by atoms with van der Waals surface area (Å²) in [4.78, 5) is 47.6. The highest BCUT2D eigenvalue weighted by molar-refractivity contribution is 5.95. The Morgan fingerprint density at radius 2 is 0.933 bits per heavy atom. The van der Waals surface area contributed by atoms with Crippen molar-refractivity contribution in [3.8, 4) is 11.5 Å². The third kappa shape index (κ3) is 5.47. The van der Waals surface area contributed by atoms with E-state index in [-0.39, 0.29) is 11.1 Å². The van der Waals surface area contributed by atoms with E-state index in [1.54, 1.807) is 0 Å². The molecule has 2 aromatic carbocycles. The maximum atomic E-state index is 12.2. The molecule has 10 heteroatoms. The molecule has 2 rings (SSSR count). The summed E-state index contributed by atoms with van der Waals surface area (Å²) in [5.41, 5.74) is -0.0969. The number of carboxylic acid groups (broad SMARTS) is 2. The van der Waals surface area contributed by atoms with Crippen molar-refractivity contribution in [2.75, 3.05) is 14.2 Å². The molecule has 0 unspecified atom stereocenters. The minimum atomic E-state index is -2.28. The number of rotatable bonds is 9. The molecule has 0 saturated heterocycles. The van der Waals surface area contributed by atoms with Crippen molar-refractivity contribution < 1.29 is 48.3 Å². The van der Waals surface area contributed by atoms with Gasteiger partial charge in [-0.25, -0.2) is 19.2 Å². The zero-order valence-corrected chi connectivity index (χ0v) is 15.9. The van der Waals surface area contributed by atoms with Gasteiger partial charge in [0.2, 0.25) is 12.2 Å². The molecule has 158 valence electrons. The van der Waals surface area contributed by atoms with Crippen LogP contribution in [-0.4, -0.2) is 60.5 Å². The third-order valence-electron chi connectivity index (χ3n) is 3.88.